The number of nitrogens with zero attached hydrogens (tertiary/aromatic N) is 3. The van der Waals surface area contributed by atoms with Crippen LogP contribution < -0.4 is 9.54 Å². The molecule has 8 nitrogen and oxygen atoms in total. The van der Waals surface area contributed by atoms with Crippen molar-refractivity contribution in [2.75, 3.05) is 34.4 Å². The Hall–Kier alpha value is -2.53. The zero-order chi connectivity index (χ0) is 24.0. The van der Waals surface area contributed by atoms with Crippen LogP contribution in [0.25, 0.3) is 10.2 Å². The van der Waals surface area contributed by atoms with Crippen LogP contribution >= 0.6 is 11.3 Å². The fourth-order valence-electron chi connectivity index (χ4n) is 3.34. The normalized spacial score (nSPS) is 12.6. The molecule has 0 unspecified atom stereocenters. The van der Waals surface area contributed by atoms with Gasteiger partial charge in [-0.1, -0.05) is 30.7 Å². The lowest BCUT2D eigenvalue weighted by atomic mass is 10.2. The number of aromatic nitrogens is 1. The van der Waals surface area contributed by atoms with Crippen molar-refractivity contribution in [3.05, 3.63) is 52.8 Å². The first-order chi connectivity index (χ1) is 15.8. The molecule has 0 fully saturated rings. The molecule has 0 saturated carbocycles. The van der Waals surface area contributed by atoms with Gasteiger partial charge in [-0.15, -0.1) is 0 Å². The average molecular weight is 492 g/mol. The number of benzene rings is 2. The molecule has 3 rings (SSSR count). The molecule has 0 saturated heterocycles. The number of hydrogen-bond donors (Lipinski definition) is 0. The van der Waals surface area contributed by atoms with Gasteiger partial charge in [0, 0.05) is 32.8 Å². The number of unbranched alkanes of at least 4 members (excludes halogenated alkanes) is 1. The molecule has 0 spiro atoms. The van der Waals surface area contributed by atoms with Crippen LogP contribution in [-0.2, 0) is 21.3 Å². The summed E-state index contributed by atoms with van der Waals surface area (Å²) in [6, 6.07) is 11.6. The van der Waals surface area contributed by atoms with Crippen LogP contribution in [0.15, 0.2) is 52.4 Å². The lowest BCUT2D eigenvalue weighted by Crippen LogP contribution is -2.27. The number of carbonyl (C=O) groups excluding carboxylic acids is 1. The van der Waals surface area contributed by atoms with Crippen LogP contribution in [0.1, 0.15) is 30.1 Å². The fraction of sp³-hybridized carbons (Fsp3) is 0.391. The second kappa shape index (κ2) is 11.1. The third-order valence-electron chi connectivity index (χ3n) is 5.24. The van der Waals surface area contributed by atoms with Crippen molar-refractivity contribution in [2.45, 2.75) is 31.2 Å². The van der Waals surface area contributed by atoms with E-state index < -0.39 is 15.9 Å². The Morgan fingerprint density at radius 1 is 1.15 bits per heavy atom. The van der Waals surface area contributed by atoms with Gasteiger partial charge in [0.15, 0.2) is 4.80 Å². The highest BCUT2D eigenvalue weighted by Crippen LogP contribution is 2.27. The van der Waals surface area contributed by atoms with Gasteiger partial charge in [-0.3, -0.25) is 4.79 Å². The molecule has 0 aliphatic heterocycles. The summed E-state index contributed by atoms with van der Waals surface area (Å²) < 4.78 is 40.3. The Kier molecular flexibility index (Phi) is 8.41. The molecule has 0 radical (unpaired) electrons. The van der Waals surface area contributed by atoms with Crippen LogP contribution in [-0.4, -0.2) is 57.6 Å². The molecule has 0 N–H and O–H groups in total. The van der Waals surface area contributed by atoms with Gasteiger partial charge < -0.3 is 14.0 Å². The van der Waals surface area contributed by atoms with Gasteiger partial charge >= 0.3 is 0 Å². The molecular weight excluding hydrogens is 462 g/mol. The number of para-hydroxylation sites is 1. The standard InChI is InChI=1S/C23H29N3O5S2/c1-5-6-14-25(2)33(28,29)18-12-10-17(11-13-18)22(27)24-23-26(15-16-30-3)21-19(31-4)8-7-9-20(21)32-23/h7-13H,5-6,14-16H2,1-4H3. The van der Waals surface area contributed by atoms with Gasteiger partial charge in [-0.05, 0) is 42.8 Å². The molecule has 2 aromatic carbocycles. The van der Waals surface area contributed by atoms with Crippen LogP contribution in [0.4, 0.5) is 0 Å². The maximum absolute atomic E-state index is 12.9. The minimum atomic E-state index is -3.59. The largest absolute Gasteiger partial charge is 0.495 e. The van der Waals surface area contributed by atoms with Crippen molar-refractivity contribution in [1.29, 1.82) is 0 Å². The van der Waals surface area contributed by atoms with E-state index in [0.29, 0.717) is 35.8 Å². The summed E-state index contributed by atoms with van der Waals surface area (Å²) in [6.07, 6.45) is 1.69. The smallest absolute Gasteiger partial charge is 0.279 e. The lowest BCUT2D eigenvalue weighted by molar-refractivity contribution is 0.0997. The molecule has 3 aromatic rings. The van der Waals surface area contributed by atoms with Gasteiger partial charge in [-0.25, -0.2) is 12.7 Å². The van der Waals surface area contributed by atoms with Crippen molar-refractivity contribution in [3.63, 3.8) is 0 Å². The average Bonchev–Trinajstić information content (AvgIpc) is 3.17. The zero-order valence-electron chi connectivity index (χ0n) is 19.3. The highest BCUT2D eigenvalue weighted by molar-refractivity contribution is 7.89. The molecule has 1 heterocycles. The lowest BCUT2D eigenvalue weighted by Gasteiger charge is -2.16. The highest BCUT2D eigenvalue weighted by atomic mass is 32.2. The minimum absolute atomic E-state index is 0.152. The Bertz CT molecular complexity index is 1280. The van der Waals surface area contributed by atoms with E-state index in [1.54, 1.807) is 21.3 Å². The minimum Gasteiger partial charge on any atom is -0.495 e. The monoisotopic (exact) mass is 491 g/mol. The molecule has 1 aromatic heterocycles. The topological polar surface area (TPSA) is 90.2 Å². The Labute approximate surface area is 198 Å². The van der Waals surface area contributed by atoms with E-state index >= 15 is 0 Å². The third-order valence-corrected chi connectivity index (χ3v) is 8.15. The van der Waals surface area contributed by atoms with Crippen molar-refractivity contribution in [3.8, 4) is 5.75 Å². The molecule has 33 heavy (non-hydrogen) atoms. The van der Waals surface area contributed by atoms with Crippen molar-refractivity contribution in [2.24, 2.45) is 4.99 Å². The number of rotatable bonds is 10. The Balaban J connectivity index is 1.96. The molecule has 0 aliphatic carbocycles. The summed E-state index contributed by atoms with van der Waals surface area (Å²) >= 11 is 1.38. The van der Waals surface area contributed by atoms with Crippen LogP contribution in [0, 0.1) is 0 Å². The summed E-state index contributed by atoms with van der Waals surface area (Å²) in [5.74, 6) is 0.241. The van der Waals surface area contributed by atoms with E-state index in [1.807, 2.05) is 29.7 Å². The fourth-order valence-corrected chi connectivity index (χ4v) is 5.62. The van der Waals surface area contributed by atoms with Gasteiger partial charge in [0.05, 0.1) is 23.3 Å². The SMILES string of the molecule is CCCCN(C)S(=O)(=O)c1ccc(C(=O)N=c2sc3cccc(OC)c3n2CCOC)cc1. The number of thiazole rings is 1. The molecule has 0 aliphatic rings. The first kappa shape index (κ1) is 25.1. The summed E-state index contributed by atoms with van der Waals surface area (Å²) in [5, 5.41) is 0. The van der Waals surface area contributed by atoms with E-state index in [4.69, 9.17) is 9.47 Å². The third kappa shape index (κ3) is 5.52. The molecule has 0 bridgehead atoms. The second-order valence-corrected chi connectivity index (χ2v) is 10.5. The predicted molar refractivity (Wildman–Crippen MR) is 129 cm³/mol. The maximum atomic E-state index is 12.9. The number of methoxy groups -OCH3 is 2. The number of amides is 1. The van der Waals surface area contributed by atoms with Crippen LogP contribution in [0.5, 0.6) is 5.75 Å². The highest BCUT2D eigenvalue weighted by Gasteiger charge is 2.20. The summed E-state index contributed by atoms with van der Waals surface area (Å²) in [4.78, 5) is 17.9. The van der Waals surface area contributed by atoms with Crippen molar-refractivity contribution in [1.82, 2.24) is 8.87 Å². The van der Waals surface area contributed by atoms with Crippen molar-refractivity contribution < 1.29 is 22.7 Å². The van der Waals surface area contributed by atoms with Gasteiger partial charge in [0.2, 0.25) is 10.0 Å². The Morgan fingerprint density at radius 3 is 2.52 bits per heavy atom. The first-order valence-electron chi connectivity index (χ1n) is 10.6. The van der Waals surface area contributed by atoms with E-state index in [-0.39, 0.29) is 4.90 Å². The zero-order valence-corrected chi connectivity index (χ0v) is 20.9. The number of ether oxygens (including phenoxy) is 2. The number of carbonyl (C=O) groups is 1. The summed E-state index contributed by atoms with van der Waals surface area (Å²) in [6.45, 7) is 3.41. The molecule has 178 valence electrons. The van der Waals surface area contributed by atoms with Crippen LogP contribution in [0.3, 0.4) is 0 Å². The molecule has 1 amide bonds. The second-order valence-electron chi connectivity index (χ2n) is 7.46. The Morgan fingerprint density at radius 2 is 1.88 bits per heavy atom. The number of sulfonamides is 1. The maximum Gasteiger partial charge on any atom is 0.279 e. The molecule has 0 atom stereocenters. The van der Waals surface area contributed by atoms with Gasteiger partial charge in [0.25, 0.3) is 5.91 Å². The molecule has 10 heteroatoms. The predicted octanol–water partition coefficient (Wildman–Crippen LogP) is 3.52. The molecular formula is C23H29N3O5S2. The quantitative estimate of drug-likeness (QED) is 0.433. The van der Waals surface area contributed by atoms with Gasteiger partial charge in [0.1, 0.15) is 11.3 Å². The van der Waals surface area contributed by atoms with E-state index in [1.165, 1.54) is 39.9 Å². The summed E-state index contributed by atoms with van der Waals surface area (Å²) in [7, 11) is 1.19. The van der Waals surface area contributed by atoms with E-state index in [2.05, 4.69) is 4.99 Å². The van der Waals surface area contributed by atoms with E-state index in [9.17, 15) is 13.2 Å². The van der Waals surface area contributed by atoms with Crippen LogP contribution in [0.2, 0.25) is 0 Å². The number of hydrogen-bond acceptors (Lipinski definition) is 6. The van der Waals surface area contributed by atoms with Crippen molar-refractivity contribution >= 4 is 37.5 Å². The first-order valence-corrected chi connectivity index (χ1v) is 12.9. The van der Waals surface area contributed by atoms with E-state index in [0.717, 1.165) is 23.1 Å². The summed E-state index contributed by atoms with van der Waals surface area (Å²) in [5.41, 5.74) is 1.16. The number of fused-ring (bicyclic) bond motifs is 1. The van der Waals surface area contributed by atoms with Gasteiger partial charge in [-0.2, -0.15) is 4.99 Å².